The number of amides is 2. The van der Waals surface area contributed by atoms with Crippen LogP contribution in [0.4, 0.5) is 11.4 Å². The fourth-order valence-corrected chi connectivity index (χ4v) is 2.33. The van der Waals surface area contributed by atoms with Crippen molar-refractivity contribution >= 4 is 34.2 Å². The van der Waals surface area contributed by atoms with Gasteiger partial charge in [-0.3, -0.25) is 9.59 Å². The molecule has 7 nitrogen and oxygen atoms in total. The van der Waals surface area contributed by atoms with Gasteiger partial charge in [-0.1, -0.05) is 0 Å². The molecule has 1 aromatic heterocycles. The highest BCUT2D eigenvalue weighted by Gasteiger charge is 2.32. The number of carbonyl (C=O) groups excluding carboxylic acids is 2. The van der Waals surface area contributed by atoms with E-state index in [-0.39, 0.29) is 37.0 Å². The molecule has 1 saturated heterocycles. The summed E-state index contributed by atoms with van der Waals surface area (Å²) < 4.78 is 5.21. The van der Waals surface area contributed by atoms with Crippen LogP contribution in [0.3, 0.4) is 0 Å². The van der Waals surface area contributed by atoms with Crippen LogP contribution in [0.25, 0.3) is 11.0 Å². The van der Waals surface area contributed by atoms with Crippen LogP contribution in [0.5, 0.6) is 0 Å². The average Bonchev–Trinajstić information content (AvgIpc) is 2.78. The van der Waals surface area contributed by atoms with Crippen LogP contribution in [0, 0.1) is 0 Å². The molecule has 0 bridgehead atoms. The van der Waals surface area contributed by atoms with Crippen LogP contribution in [-0.2, 0) is 9.59 Å². The Labute approximate surface area is 119 Å². The molecule has 0 spiro atoms. The van der Waals surface area contributed by atoms with Crippen molar-refractivity contribution in [1.82, 2.24) is 0 Å². The van der Waals surface area contributed by atoms with Crippen molar-refractivity contribution in [2.75, 3.05) is 16.9 Å². The van der Waals surface area contributed by atoms with Crippen LogP contribution >= 0.6 is 0 Å². The Balaban J connectivity index is 2.11. The lowest BCUT2D eigenvalue weighted by molar-refractivity contribution is -0.121. The molecule has 1 aromatic carbocycles. The van der Waals surface area contributed by atoms with Crippen LogP contribution in [0.2, 0.25) is 0 Å². The highest BCUT2D eigenvalue weighted by atomic mass is 16.4. The van der Waals surface area contributed by atoms with Crippen molar-refractivity contribution in [2.24, 2.45) is 5.73 Å². The standard InChI is InChI=1S/C14H13N3O4/c15-7-16-9-2-1-8-5-10(14(20)21-11(8)6-9)17-12(18)3-4-13(17)19/h1-2,5-6,16H,3-4,7,15H2. The Morgan fingerprint density at radius 2 is 1.86 bits per heavy atom. The van der Waals surface area contributed by atoms with Gasteiger partial charge in [-0.25, -0.2) is 9.69 Å². The molecule has 7 heteroatoms. The minimum absolute atomic E-state index is 0.0328. The van der Waals surface area contributed by atoms with E-state index in [2.05, 4.69) is 5.32 Å². The van der Waals surface area contributed by atoms with E-state index in [0.717, 1.165) is 4.90 Å². The topological polar surface area (TPSA) is 106 Å². The van der Waals surface area contributed by atoms with Gasteiger partial charge in [0.1, 0.15) is 11.3 Å². The summed E-state index contributed by atoms with van der Waals surface area (Å²) in [6, 6.07) is 6.63. The predicted molar refractivity (Wildman–Crippen MR) is 76.9 cm³/mol. The maximum Gasteiger partial charge on any atom is 0.360 e. The molecule has 0 saturated carbocycles. The van der Waals surface area contributed by atoms with E-state index in [4.69, 9.17) is 10.2 Å². The first-order valence-corrected chi connectivity index (χ1v) is 6.48. The Hall–Kier alpha value is -2.67. The van der Waals surface area contributed by atoms with Crippen molar-refractivity contribution in [1.29, 1.82) is 0 Å². The number of nitrogens with two attached hydrogens (primary N) is 1. The van der Waals surface area contributed by atoms with Gasteiger partial charge < -0.3 is 15.5 Å². The first-order valence-electron chi connectivity index (χ1n) is 6.48. The molecule has 0 atom stereocenters. The Morgan fingerprint density at radius 1 is 1.14 bits per heavy atom. The van der Waals surface area contributed by atoms with Gasteiger partial charge in [-0.2, -0.15) is 0 Å². The fraction of sp³-hybridized carbons (Fsp3) is 0.214. The van der Waals surface area contributed by atoms with Crippen molar-refractivity contribution < 1.29 is 14.0 Å². The Morgan fingerprint density at radius 3 is 2.52 bits per heavy atom. The zero-order chi connectivity index (χ0) is 15.0. The summed E-state index contributed by atoms with van der Waals surface area (Å²) in [7, 11) is 0. The predicted octanol–water partition coefficient (Wildman–Crippen LogP) is 0.774. The van der Waals surface area contributed by atoms with Crippen molar-refractivity contribution in [2.45, 2.75) is 12.8 Å². The molecule has 2 heterocycles. The molecule has 108 valence electrons. The lowest BCUT2D eigenvalue weighted by Crippen LogP contribution is -2.32. The van der Waals surface area contributed by atoms with Gasteiger partial charge in [0.15, 0.2) is 0 Å². The summed E-state index contributed by atoms with van der Waals surface area (Å²) in [4.78, 5) is 36.3. The normalized spacial score (nSPS) is 15.0. The maximum absolute atomic E-state index is 12.0. The highest BCUT2D eigenvalue weighted by molar-refractivity contribution is 6.20. The summed E-state index contributed by atoms with van der Waals surface area (Å²) in [6.07, 6.45) is 0.241. The number of rotatable bonds is 3. The summed E-state index contributed by atoms with van der Waals surface area (Å²) in [6.45, 7) is 0.255. The molecule has 1 fully saturated rings. The number of hydrogen-bond donors (Lipinski definition) is 2. The minimum Gasteiger partial charge on any atom is -0.421 e. The molecule has 1 aliphatic heterocycles. The van der Waals surface area contributed by atoms with E-state index in [1.165, 1.54) is 6.07 Å². The molecular weight excluding hydrogens is 274 g/mol. The van der Waals surface area contributed by atoms with Gasteiger partial charge in [-0.15, -0.1) is 0 Å². The van der Waals surface area contributed by atoms with E-state index in [1.54, 1.807) is 18.2 Å². The molecule has 3 N–H and O–H groups in total. The second kappa shape index (κ2) is 5.02. The third-order valence-electron chi connectivity index (χ3n) is 3.32. The Kier molecular flexibility index (Phi) is 3.19. The second-order valence-corrected chi connectivity index (χ2v) is 4.68. The molecule has 0 aliphatic carbocycles. The first kappa shape index (κ1) is 13.3. The van der Waals surface area contributed by atoms with Crippen molar-refractivity contribution in [3.05, 3.63) is 34.7 Å². The van der Waals surface area contributed by atoms with Crippen LogP contribution in [-0.4, -0.2) is 18.5 Å². The number of nitrogens with one attached hydrogen (secondary N) is 1. The minimum atomic E-state index is -0.712. The number of carbonyl (C=O) groups is 2. The van der Waals surface area contributed by atoms with Gasteiger partial charge in [0.25, 0.3) is 0 Å². The zero-order valence-electron chi connectivity index (χ0n) is 11.1. The largest absolute Gasteiger partial charge is 0.421 e. The van der Waals surface area contributed by atoms with E-state index >= 15 is 0 Å². The van der Waals surface area contributed by atoms with Crippen LogP contribution in [0.1, 0.15) is 12.8 Å². The van der Waals surface area contributed by atoms with Crippen molar-refractivity contribution in [3.63, 3.8) is 0 Å². The van der Waals surface area contributed by atoms with Gasteiger partial charge in [0.2, 0.25) is 11.8 Å². The third kappa shape index (κ3) is 2.27. The van der Waals surface area contributed by atoms with Crippen LogP contribution in [0.15, 0.2) is 33.5 Å². The molecule has 1 aliphatic rings. The molecule has 3 rings (SSSR count). The Bertz CT molecular complexity index is 780. The van der Waals surface area contributed by atoms with Crippen LogP contribution < -0.4 is 21.6 Å². The molecular formula is C14H13N3O4. The third-order valence-corrected chi connectivity index (χ3v) is 3.32. The van der Waals surface area contributed by atoms with Crippen molar-refractivity contribution in [3.8, 4) is 0 Å². The number of hydrogen-bond acceptors (Lipinski definition) is 6. The number of nitrogens with zero attached hydrogens (tertiary/aromatic N) is 1. The fourth-order valence-electron chi connectivity index (χ4n) is 2.33. The molecule has 0 unspecified atom stereocenters. The van der Waals surface area contributed by atoms with Gasteiger partial charge in [0, 0.05) is 30.0 Å². The second-order valence-electron chi connectivity index (χ2n) is 4.68. The van der Waals surface area contributed by atoms with E-state index < -0.39 is 5.63 Å². The van der Waals surface area contributed by atoms with Gasteiger partial charge >= 0.3 is 5.63 Å². The number of anilines is 2. The lowest BCUT2D eigenvalue weighted by atomic mass is 10.2. The maximum atomic E-state index is 12.0. The summed E-state index contributed by atoms with van der Waals surface area (Å²) in [5.41, 5.74) is 5.72. The van der Waals surface area contributed by atoms with E-state index in [9.17, 15) is 14.4 Å². The van der Waals surface area contributed by atoms with E-state index in [0.29, 0.717) is 16.7 Å². The number of imide groups is 1. The van der Waals surface area contributed by atoms with E-state index in [1.807, 2.05) is 0 Å². The smallest absolute Gasteiger partial charge is 0.360 e. The average molecular weight is 287 g/mol. The number of fused-ring (bicyclic) bond motifs is 1. The molecule has 21 heavy (non-hydrogen) atoms. The van der Waals surface area contributed by atoms with Gasteiger partial charge in [-0.05, 0) is 18.2 Å². The molecule has 2 aromatic rings. The zero-order valence-corrected chi connectivity index (χ0v) is 11.1. The summed E-state index contributed by atoms with van der Waals surface area (Å²) in [5.74, 6) is -0.763. The number of benzene rings is 1. The summed E-state index contributed by atoms with van der Waals surface area (Å²) >= 11 is 0. The quantitative estimate of drug-likeness (QED) is 0.491. The highest BCUT2D eigenvalue weighted by Crippen LogP contribution is 2.25. The summed E-state index contributed by atoms with van der Waals surface area (Å²) in [5, 5.41) is 3.52. The molecule has 2 amide bonds. The SMILES string of the molecule is NCNc1ccc2cc(N3C(=O)CCC3=O)c(=O)oc2c1. The molecule has 0 radical (unpaired) electrons. The van der Waals surface area contributed by atoms with Gasteiger partial charge in [0.05, 0.1) is 6.67 Å². The lowest BCUT2D eigenvalue weighted by Gasteiger charge is -2.12. The monoisotopic (exact) mass is 287 g/mol. The first-order chi connectivity index (χ1) is 10.1.